The number of carbonyl (C=O) groups excluding carboxylic acids is 1. The Bertz CT molecular complexity index is 1640. The fourth-order valence-corrected chi connectivity index (χ4v) is 6.36. The third kappa shape index (κ3) is 6.80. The van der Waals surface area contributed by atoms with Crippen LogP contribution in [-0.2, 0) is 10.2 Å². The van der Waals surface area contributed by atoms with Gasteiger partial charge in [-0.1, -0.05) is 25.4 Å². The number of hydrogen-bond donors (Lipinski definition) is 1. The molecule has 3 heterocycles. The van der Waals surface area contributed by atoms with E-state index in [1.807, 2.05) is 39.0 Å². The average molecular weight is 632 g/mol. The second kappa shape index (κ2) is 12.4. The molecule has 10 nitrogen and oxygen atoms in total. The predicted molar refractivity (Wildman–Crippen MR) is 179 cm³/mol. The quantitative estimate of drug-likeness (QED) is 0.308. The number of nitrogens with one attached hydrogen (secondary N) is 1. The zero-order valence-electron chi connectivity index (χ0n) is 27.4. The number of aromatic nitrogens is 2. The summed E-state index contributed by atoms with van der Waals surface area (Å²) in [4.78, 5) is 28.5. The van der Waals surface area contributed by atoms with Crippen molar-refractivity contribution in [2.75, 3.05) is 56.0 Å². The van der Waals surface area contributed by atoms with Gasteiger partial charge in [-0.2, -0.15) is 5.26 Å². The Kier molecular flexibility index (Phi) is 8.89. The highest BCUT2D eigenvalue weighted by Crippen LogP contribution is 2.45. The highest BCUT2D eigenvalue weighted by Gasteiger charge is 2.42. The molecule has 0 aliphatic carbocycles. The highest BCUT2D eigenvalue weighted by atomic mass is 35.5. The van der Waals surface area contributed by atoms with Gasteiger partial charge in [0.25, 0.3) is 0 Å². The lowest BCUT2D eigenvalue weighted by molar-refractivity contribution is 0.0579. The van der Waals surface area contributed by atoms with Crippen LogP contribution in [0.25, 0.3) is 11.3 Å². The number of fused-ring (bicyclic) bond motifs is 1. The number of carbonyl (C=O) groups is 1. The van der Waals surface area contributed by atoms with Gasteiger partial charge in [0.15, 0.2) is 0 Å². The van der Waals surface area contributed by atoms with Gasteiger partial charge in [-0.25, -0.2) is 14.8 Å². The molecular formula is C34H42ClN7O3. The summed E-state index contributed by atoms with van der Waals surface area (Å²) in [7, 11) is 5.88. The van der Waals surface area contributed by atoms with Crippen LogP contribution in [0, 0.1) is 11.3 Å². The number of rotatable bonds is 6. The van der Waals surface area contributed by atoms with E-state index in [0.29, 0.717) is 51.9 Å². The van der Waals surface area contributed by atoms with Crippen LogP contribution in [0.5, 0.6) is 5.75 Å². The molecule has 0 radical (unpaired) electrons. The molecule has 1 saturated heterocycles. The summed E-state index contributed by atoms with van der Waals surface area (Å²) < 4.78 is 11.4. The van der Waals surface area contributed by atoms with Crippen molar-refractivity contribution in [1.29, 1.82) is 5.26 Å². The van der Waals surface area contributed by atoms with E-state index in [0.717, 1.165) is 42.7 Å². The number of benzene rings is 2. The Morgan fingerprint density at radius 2 is 1.89 bits per heavy atom. The van der Waals surface area contributed by atoms with Gasteiger partial charge in [0.1, 0.15) is 17.4 Å². The van der Waals surface area contributed by atoms with E-state index in [1.165, 1.54) is 0 Å². The largest absolute Gasteiger partial charge is 0.494 e. The third-order valence-electron chi connectivity index (χ3n) is 8.40. The van der Waals surface area contributed by atoms with Crippen molar-refractivity contribution in [1.82, 2.24) is 14.9 Å². The Hall–Kier alpha value is -4.07. The first-order valence-corrected chi connectivity index (χ1v) is 15.6. The van der Waals surface area contributed by atoms with Crippen molar-refractivity contribution < 1.29 is 14.3 Å². The molecule has 0 atom stereocenters. The van der Waals surface area contributed by atoms with Crippen molar-refractivity contribution in [2.45, 2.75) is 64.5 Å². The molecular weight excluding hydrogens is 590 g/mol. The van der Waals surface area contributed by atoms with Crippen LogP contribution in [-0.4, -0.2) is 73.4 Å². The molecule has 2 aliphatic heterocycles. The Labute approximate surface area is 270 Å². The monoisotopic (exact) mass is 631 g/mol. The number of nitriles is 1. The standard InChI is InChI=1S/C34H42ClN7O3/c1-33(2,3)45-32(43)42-20-34(4,5)24-16-21(15-22(19-36)30(24)42)26-9-12-37-31(38-26)39-27-17-25(35)28(18-29(27)44-8)41-13-10-23(11-14-41)40(6)7/h9,12,15-18,23H,10-11,13-14,20H2,1-8H3,(H,37,38,39). The van der Waals surface area contributed by atoms with Crippen molar-refractivity contribution in [3.63, 3.8) is 0 Å². The fourth-order valence-electron chi connectivity index (χ4n) is 6.08. The lowest BCUT2D eigenvalue weighted by atomic mass is 9.85. The van der Waals surface area contributed by atoms with E-state index in [2.05, 4.69) is 54.1 Å². The number of piperidine rings is 1. The van der Waals surface area contributed by atoms with Gasteiger partial charge >= 0.3 is 6.09 Å². The molecule has 1 fully saturated rings. The molecule has 3 aromatic rings. The van der Waals surface area contributed by atoms with E-state index in [4.69, 9.17) is 26.1 Å². The second-order valence-corrected chi connectivity index (χ2v) is 14.0. The van der Waals surface area contributed by atoms with Gasteiger partial charge in [-0.05, 0) is 77.5 Å². The first-order valence-electron chi connectivity index (χ1n) is 15.2. The molecule has 2 aromatic carbocycles. The molecule has 5 rings (SSSR count). The SMILES string of the molecule is COc1cc(N2CCC(N(C)C)CC2)c(Cl)cc1Nc1nccc(-c2cc(C#N)c3c(c2)C(C)(C)CN3C(=O)OC(C)(C)C)n1. The Balaban J connectivity index is 1.43. The normalized spacial score (nSPS) is 16.4. The molecule has 1 aromatic heterocycles. The van der Waals surface area contributed by atoms with Crippen LogP contribution < -0.4 is 19.9 Å². The zero-order valence-corrected chi connectivity index (χ0v) is 28.1. The van der Waals surface area contributed by atoms with E-state index >= 15 is 0 Å². The van der Waals surface area contributed by atoms with Crippen molar-refractivity contribution >= 4 is 40.7 Å². The van der Waals surface area contributed by atoms with Gasteiger partial charge in [-0.3, -0.25) is 4.90 Å². The van der Waals surface area contributed by atoms with Gasteiger partial charge in [0.05, 0.1) is 40.5 Å². The topological polar surface area (TPSA) is 107 Å². The van der Waals surface area contributed by atoms with Crippen LogP contribution in [0.2, 0.25) is 5.02 Å². The van der Waals surface area contributed by atoms with E-state index in [9.17, 15) is 10.1 Å². The van der Waals surface area contributed by atoms with Gasteiger partial charge in [-0.15, -0.1) is 0 Å². The van der Waals surface area contributed by atoms with Crippen LogP contribution >= 0.6 is 11.6 Å². The summed E-state index contributed by atoms with van der Waals surface area (Å²) in [5, 5.41) is 14.1. The molecule has 0 unspecified atom stereocenters. The number of hydrogen-bond acceptors (Lipinski definition) is 9. The number of amides is 1. The lowest BCUT2D eigenvalue weighted by Crippen LogP contribution is -2.42. The van der Waals surface area contributed by atoms with Crippen molar-refractivity contribution in [2.24, 2.45) is 0 Å². The van der Waals surface area contributed by atoms with Crippen molar-refractivity contribution in [3.8, 4) is 23.1 Å². The maximum absolute atomic E-state index is 13.1. The number of anilines is 4. The summed E-state index contributed by atoms with van der Waals surface area (Å²) in [5.41, 5.74) is 3.74. The van der Waals surface area contributed by atoms with Crippen LogP contribution in [0.1, 0.15) is 58.6 Å². The Morgan fingerprint density at radius 3 is 2.51 bits per heavy atom. The molecule has 0 saturated carbocycles. The fraction of sp³-hybridized carbons (Fsp3) is 0.471. The number of halogens is 1. The van der Waals surface area contributed by atoms with Crippen molar-refractivity contribution in [3.05, 3.63) is 52.7 Å². The average Bonchev–Trinajstić information content (AvgIpc) is 3.27. The molecule has 1 amide bonds. The first-order chi connectivity index (χ1) is 21.2. The highest BCUT2D eigenvalue weighted by molar-refractivity contribution is 6.33. The minimum atomic E-state index is -0.655. The van der Waals surface area contributed by atoms with Gasteiger partial charge in [0.2, 0.25) is 5.95 Å². The van der Waals surface area contributed by atoms with Gasteiger partial charge < -0.3 is 24.6 Å². The molecule has 2 aliphatic rings. The summed E-state index contributed by atoms with van der Waals surface area (Å²) >= 11 is 6.81. The van der Waals surface area contributed by atoms with Crippen LogP contribution in [0.15, 0.2) is 36.5 Å². The maximum atomic E-state index is 13.1. The van der Waals surface area contributed by atoms with Crippen LogP contribution in [0.3, 0.4) is 0 Å². The lowest BCUT2D eigenvalue weighted by Gasteiger charge is -2.37. The summed E-state index contributed by atoms with van der Waals surface area (Å²) in [5.74, 6) is 0.987. The summed E-state index contributed by atoms with van der Waals surface area (Å²) in [6, 6.07) is 12.2. The summed E-state index contributed by atoms with van der Waals surface area (Å²) in [6.07, 6.45) is 3.33. The Morgan fingerprint density at radius 1 is 1.18 bits per heavy atom. The summed E-state index contributed by atoms with van der Waals surface area (Å²) in [6.45, 7) is 11.8. The molecule has 238 valence electrons. The molecule has 0 spiro atoms. The second-order valence-electron chi connectivity index (χ2n) is 13.6. The minimum Gasteiger partial charge on any atom is -0.494 e. The number of ether oxygens (including phenoxy) is 2. The predicted octanol–water partition coefficient (Wildman–Crippen LogP) is 6.98. The number of methoxy groups -OCH3 is 1. The molecule has 1 N–H and O–H groups in total. The third-order valence-corrected chi connectivity index (χ3v) is 8.70. The minimum absolute atomic E-state index is 0.357. The smallest absolute Gasteiger partial charge is 0.414 e. The van der Waals surface area contributed by atoms with Gasteiger partial charge in [0, 0.05) is 48.9 Å². The molecule has 45 heavy (non-hydrogen) atoms. The molecule has 11 heteroatoms. The maximum Gasteiger partial charge on any atom is 0.414 e. The number of nitrogens with zero attached hydrogens (tertiary/aromatic N) is 6. The molecule has 0 bridgehead atoms. The zero-order chi connectivity index (χ0) is 32.7. The van der Waals surface area contributed by atoms with E-state index in [1.54, 1.807) is 30.3 Å². The first kappa shape index (κ1) is 32.3. The van der Waals surface area contributed by atoms with E-state index in [-0.39, 0.29) is 0 Å². The van der Waals surface area contributed by atoms with E-state index < -0.39 is 17.1 Å². The van der Waals surface area contributed by atoms with Crippen LogP contribution in [0.4, 0.5) is 27.8 Å².